The van der Waals surface area contributed by atoms with Crippen molar-refractivity contribution < 1.29 is 9.53 Å². The standard InChI is InChI=1S/C17H18N2O2/c1-21-16-11-5-10-15(13-16)17(20)19-18-12-6-9-14-7-3-2-4-8-14/h2-5,7-8,10-13H,6,9H2,1H3,(H,19,20). The smallest absolute Gasteiger partial charge is 0.271 e. The molecular formula is C17H18N2O2. The highest BCUT2D eigenvalue weighted by Gasteiger charge is 2.04. The van der Waals surface area contributed by atoms with Gasteiger partial charge in [-0.3, -0.25) is 4.79 Å². The van der Waals surface area contributed by atoms with E-state index >= 15 is 0 Å². The summed E-state index contributed by atoms with van der Waals surface area (Å²) in [7, 11) is 1.57. The Labute approximate surface area is 124 Å². The van der Waals surface area contributed by atoms with Crippen LogP contribution in [0.2, 0.25) is 0 Å². The summed E-state index contributed by atoms with van der Waals surface area (Å²) in [5.74, 6) is 0.403. The molecule has 0 radical (unpaired) electrons. The summed E-state index contributed by atoms with van der Waals surface area (Å²) < 4.78 is 5.08. The number of aryl methyl sites for hydroxylation is 1. The van der Waals surface area contributed by atoms with E-state index in [4.69, 9.17) is 4.74 Å². The van der Waals surface area contributed by atoms with Gasteiger partial charge < -0.3 is 4.74 Å². The minimum absolute atomic E-state index is 0.245. The minimum Gasteiger partial charge on any atom is -0.497 e. The van der Waals surface area contributed by atoms with E-state index in [1.807, 2.05) is 18.2 Å². The molecule has 1 amide bonds. The van der Waals surface area contributed by atoms with Crippen LogP contribution in [0.15, 0.2) is 59.7 Å². The van der Waals surface area contributed by atoms with Crippen molar-refractivity contribution in [1.82, 2.24) is 5.43 Å². The molecular weight excluding hydrogens is 264 g/mol. The molecule has 4 heteroatoms. The Balaban J connectivity index is 1.79. The van der Waals surface area contributed by atoms with Gasteiger partial charge in [-0.15, -0.1) is 0 Å². The predicted octanol–water partition coefficient (Wildman–Crippen LogP) is 3.04. The maximum Gasteiger partial charge on any atom is 0.271 e. The summed E-state index contributed by atoms with van der Waals surface area (Å²) in [5, 5.41) is 3.95. The summed E-state index contributed by atoms with van der Waals surface area (Å²) in [6.07, 6.45) is 3.40. The van der Waals surface area contributed by atoms with E-state index in [0.29, 0.717) is 11.3 Å². The van der Waals surface area contributed by atoms with Gasteiger partial charge in [0.25, 0.3) is 5.91 Å². The van der Waals surface area contributed by atoms with Gasteiger partial charge >= 0.3 is 0 Å². The van der Waals surface area contributed by atoms with Gasteiger partial charge in [0.15, 0.2) is 0 Å². The highest BCUT2D eigenvalue weighted by atomic mass is 16.5. The molecule has 1 N–H and O–H groups in total. The lowest BCUT2D eigenvalue weighted by molar-refractivity contribution is 0.0954. The van der Waals surface area contributed by atoms with E-state index in [0.717, 1.165) is 12.8 Å². The topological polar surface area (TPSA) is 50.7 Å². The lowest BCUT2D eigenvalue weighted by atomic mass is 10.1. The Kier molecular flexibility index (Phi) is 5.52. The van der Waals surface area contributed by atoms with Gasteiger partial charge in [0.2, 0.25) is 0 Å². The first-order valence-corrected chi connectivity index (χ1v) is 6.79. The van der Waals surface area contributed by atoms with Crippen LogP contribution in [0.3, 0.4) is 0 Å². The number of carbonyl (C=O) groups excluding carboxylic acids is 1. The van der Waals surface area contributed by atoms with Crippen molar-refractivity contribution in [3.05, 3.63) is 65.7 Å². The second-order valence-corrected chi connectivity index (χ2v) is 4.51. The van der Waals surface area contributed by atoms with E-state index in [1.54, 1.807) is 37.6 Å². The highest BCUT2D eigenvalue weighted by Crippen LogP contribution is 2.12. The summed E-state index contributed by atoms with van der Waals surface area (Å²) in [6, 6.07) is 17.1. The minimum atomic E-state index is -0.245. The molecule has 108 valence electrons. The first-order chi connectivity index (χ1) is 10.3. The second-order valence-electron chi connectivity index (χ2n) is 4.51. The maximum atomic E-state index is 11.9. The summed E-state index contributed by atoms with van der Waals surface area (Å²) >= 11 is 0. The number of hydrogen-bond acceptors (Lipinski definition) is 3. The van der Waals surface area contributed by atoms with E-state index in [1.165, 1.54) is 5.56 Å². The molecule has 0 heterocycles. The van der Waals surface area contributed by atoms with Crippen molar-refractivity contribution in [2.24, 2.45) is 5.10 Å². The van der Waals surface area contributed by atoms with Crippen LogP contribution in [0.4, 0.5) is 0 Å². The second kappa shape index (κ2) is 7.85. The number of benzene rings is 2. The van der Waals surface area contributed by atoms with Crippen LogP contribution in [-0.4, -0.2) is 19.2 Å². The third-order valence-corrected chi connectivity index (χ3v) is 2.99. The van der Waals surface area contributed by atoms with E-state index < -0.39 is 0 Å². The van der Waals surface area contributed by atoms with Crippen molar-refractivity contribution in [2.75, 3.05) is 7.11 Å². The van der Waals surface area contributed by atoms with Gasteiger partial charge in [0, 0.05) is 11.8 Å². The Morgan fingerprint density at radius 1 is 1.19 bits per heavy atom. The quantitative estimate of drug-likeness (QED) is 0.654. The van der Waals surface area contributed by atoms with E-state index in [9.17, 15) is 4.79 Å². The molecule has 2 aromatic rings. The molecule has 0 bridgehead atoms. The zero-order valence-corrected chi connectivity index (χ0v) is 12.0. The number of hydrazone groups is 1. The molecule has 0 unspecified atom stereocenters. The third kappa shape index (κ3) is 4.76. The number of amides is 1. The molecule has 0 saturated carbocycles. The Morgan fingerprint density at radius 2 is 2.00 bits per heavy atom. The Bertz CT molecular complexity index is 609. The summed E-state index contributed by atoms with van der Waals surface area (Å²) in [6.45, 7) is 0. The first-order valence-electron chi connectivity index (χ1n) is 6.79. The molecule has 2 aromatic carbocycles. The molecule has 0 aliphatic rings. The number of rotatable bonds is 6. The van der Waals surface area contributed by atoms with Crippen molar-refractivity contribution in [1.29, 1.82) is 0 Å². The van der Waals surface area contributed by atoms with Crippen molar-refractivity contribution in [2.45, 2.75) is 12.8 Å². The Morgan fingerprint density at radius 3 is 2.76 bits per heavy atom. The lowest BCUT2D eigenvalue weighted by Crippen LogP contribution is -2.17. The first kappa shape index (κ1) is 14.8. The average molecular weight is 282 g/mol. The van der Waals surface area contributed by atoms with Crippen LogP contribution in [0.25, 0.3) is 0 Å². The number of methoxy groups -OCH3 is 1. The SMILES string of the molecule is COc1cccc(C(=O)NN=CCCc2ccccc2)c1. The van der Waals surface area contributed by atoms with Crippen LogP contribution in [0.5, 0.6) is 5.75 Å². The summed E-state index contributed by atoms with van der Waals surface area (Å²) in [5.41, 5.74) is 4.29. The van der Waals surface area contributed by atoms with Crippen molar-refractivity contribution in [3.63, 3.8) is 0 Å². The van der Waals surface area contributed by atoms with Gasteiger partial charge in [0.05, 0.1) is 7.11 Å². The zero-order valence-electron chi connectivity index (χ0n) is 12.0. The van der Waals surface area contributed by atoms with Crippen molar-refractivity contribution >= 4 is 12.1 Å². The van der Waals surface area contributed by atoms with Crippen LogP contribution in [0.1, 0.15) is 22.3 Å². The van der Waals surface area contributed by atoms with Gasteiger partial charge in [0.1, 0.15) is 5.75 Å². The fraction of sp³-hybridized carbons (Fsp3) is 0.176. The fourth-order valence-electron chi connectivity index (χ4n) is 1.87. The van der Waals surface area contributed by atoms with Crippen LogP contribution >= 0.6 is 0 Å². The van der Waals surface area contributed by atoms with Crippen LogP contribution in [0, 0.1) is 0 Å². The highest BCUT2D eigenvalue weighted by molar-refractivity contribution is 5.94. The maximum absolute atomic E-state index is 11.9. The van der Waals surface area contributed by atoms with Gasteiger partial charge in [-0.05, 0) is 36.6 Å². The van der Waals surface area contributed by atoms with E-state index in [2.05, 4.69) is 22.7 Å². The normalized spacial score (nSPS) is 10.5. The number of nitrogens with zero attached hydrogens (tertiary/aromatic N) is 1. The van der Waals surface area contributed by atoms with Gasteiger partial charge in [-0.2, -0.15) is 5.10 Å². The average Bonchev–Trinajstić information content (AvgIpc) is 2.55. The fourth-order valence-corrected chi connectivity index (χ4v) is 1.87. The number of ether oxygens (including phenoxy) is 1. The molecule has 0 spiro atoms. The molecule has 4 nitrogen and oxygen atoms in total. The monoisotopic (exact) mass is 282 g/mol. The number of carbonyl (C=O) groups is 1. The lowest BCUT2D eigenvalue weighted by Gasteiger charge is -2.03. The van der Waals surface area contributed by atoms with Crippen molar-refractivity contribution in [3.8, 4) is 5.75 Å². The largest absolute Gasteiger partial charge is 0.497 e. The molecule has 0 aromatic heterocycles. The molecule has 0 saturated heterocycles. The van der Waals surface area contributed by atoms with Crippen LogP contribution in [-0.2, 0) is 6.42 Å². The Hall–Kier alpha value is -2.62. The number of hydrogen-bond donors (Lipinski definition) is 1. The molecule has 2 rings (SSSR count). The molecule has 0 fully saturated rings. The van der Waals surface area contributed by atoms with E-state index in [-0.39, 0.29) is 5.91 Å². The molecule has 0 aliphatic carbocycles. The predicted molar refractivity (Wildman–Crippen MR) is 83.7 cm³/mol. The summed E-state index contributed by atoms with van der Waals surface area (Å²) in [4.78, 5) is 11.9. The molecule has 21 heavy (non-hydrogen) atoms. The van der Waals surface area contributed by atoms with Gasteiger partial charge in [-0.25, -0.2) is 5.43 Å². The number of nitrogens with one attached hydrogen (secondary N) is 1. The third-order valence-electron chi connectivity index (χ3n) is 2.99. The van der Waals surface area contributed by atoms with Gasteiger partial charge in [-0.1, -0.05) is 36.4 Å². The molecule has 0 aliphatic heterocycles. The van der Waals surface area contributed by atoms with Crippen LogP contribution < -0.4 is 10.2 Å². The molecule has 0 atom stereocenters. The zero-order chi connectivity index (χ0) is 14.9.